The standard InChI is InChI=1S/C20H25NO2/c1-22-19-12-11-17(14-21-18-9-5-6-10-18)13-20(19)23-15-16-7-3-2-4-8-16/h2-4,7-8,11-13,18,21H,5-6,9-10,14-15H2,1H3/p+1. The molecule has 0 unspecified atom stereocenters. The molecular formula is C20H26NO2+. The molecule has 1 fully saturated rings. The minimum absolute atomic E-state index is 0.562. The molecule has 3 heteroatoms. The fourth-order valence-electron chi connectivity index (χ4n) is 3.19. The number of rotatable bonds is 7. The Bertz CT molecular complexity index is 606. The van der Waals surface area contributed by atoms with Crippen LogP contribution in [0.4, 0.5) is 0 Å². The Morgan fingerprint density at radius 3 is 2.48 bits per heavy atom. The van der Waals surface area contributed by atoms with Gasteiger partial charge in [-0.05, 0) is 49.4 Å². The van der Waals surface area contributed by atoms with Crippen LogP contribution in [-0.4, -0.2) is 13.2 Å². The molecule has 0 amide bonds. The summed E-state index contributed by atoms with van der Waals surface area (Å²) < 4.78 is 11.4. The van der Waals surface area contributed by atoms with Crippen molar-refractivity contribution in [3.05, 3.63) is 59.7 Å². The van der Waals surface area contributed by atoms with Gasteiger partial charge in [0.05, 0.1) is 13.2 Å². The smallest absolute Gasteiger partial charge is 0.162 e. The summed E-state index contributed by atoms with van der Waals surface area (Å²) >= 11 is 0. The van der Waals surface area contributed by atoms with E-state index in [0.29, 0.717) is 6.61 Å². The van der Waals surface area contributed by atoms with Gasteiger partial charge in [0.1, 0.15) is 13.2 Å². The Labute approximate surface area is 138 Å². The second-order valence-corrected chi connectivity index (χ2v) is 6.24. The van der Waals surface area contributed by atoms with E-state index in [4.69, 9.17) is 9.47 Å². The maximum atomic E-state index is 5.99. The van der Waals surface area contributed by atoms with Crippen molar-refractivity contribution < 1.29 is 14.8 Å². The average Bonchev–Trinajstić information content (AvgIpc) is 3.12. The van der Waals surface area contributed by atoms with E-state index in [1.54, 1.807) is 7.11 Å². The second kappa shape index (κ2) is 8.02. The normalized spacial score (nSPS) is 14.8. The lowest BCUT2D eigenvalue weighted by molar-refractivity contribution is -0.703. The molecule has 23 heavy (non-hydrogen) atoms. The third kappa shape index (κ3) is 4.49. The fourth-order valence-corrected chi connectivity index (χ4v) is 3.19. The zero-order valence-electron chi connectivity index (χ0n) is 13.8. The molecule has 1 saturated carbocycles. The third-order valence-electron chi connectivity index (χ3n) is 4.55. The first kappa shape index (κ1) is 15.9. The number of quaternary nitrogens is 1. The van der Waals surface area contributed by atoms with E-state index >= 15 is 0 Å². The van der Waals surface area contributed by atoms with Gasteiger partial charge in [0.15, 0.2) is 11.5 Å². The van der Waals surface area contributed by atoms with E-state index in [2.05, 4.69) is 29.6 Å². The molecule has 0 aromatic heterocycles. The van der Waals surface area contributed by atoms with Gasteiger partial charge in [0.2, 0.25) is 0 Å². The molecular weight excluding hydrogens is 286 g/mol. The fraction of sp³-hybridized carbons (Fsp3) is 0.400. The van der Waals surface area contributed by atoms with Gasteiger partial charge in [-0.3, -0.25) is 0 Å². The quantitative estimate of drug-likeness (QED) is 0.851. The molecule has 0 heterocycles. The molecule has 1 aliphatic rings. The first-order chi connectivity index (χ1) is 11.3. The Balaban J connectivity index is 1.63. The van der Waals surface area contributed by atoms with Crippen molar-refractivity contribution in [2.75, 3.05) is 7.11 Å². The van der Waals surface area contributed by atoms with E-state index < -0.39 is 0 Å². The molecule has 0 saturated heterocycles. The summed E-state index contributed by atoms with van der Waals surface area (Å²) in [4.78, 5) is 0. The molecule has 3 rings (SSSR count). The molecule has 2 aromatic rings. The van der Waals surface area contributed by atoms with Crippen molar-refractivity contribution >= 4 is 0 Å². The maximum absolute atomic E-state index is 5.99. The van der Waals surface area contributed by atoms with E-state index in [0.717, 1.165) is 29.6 Å². The van der Waals surface area contributed by atoms with E-state index in [1.165, 1.54) is 31.2 Å². The van der Waals surface area contributed by atoms with Crippen LogP contribution in [0.15, 0.2) is 48.5 Å². The second-order valence-electron chi connectivity index (χ2n) is 6.24. The summed E-state index contributed by atoms with van der Waals surface area (Å²) in [6.07, 6.45) is 5.48. The number of benzene rings is 2. The highest BCUT2D eigenvalue weighted by molar-refractivity contribution is 5.42. The van der Waals surface area contributed by atoms with Crippen LogP contribution in [0.5, 0.6) is 11.5 Å². The van der Waals surface area contributed by atoms with Gasteiger partial charge in [-0.2, -0.15) is 0 Å². The Morgan fingerprint density at radius 2 is 1.74 bits per heavy atom. The minimum atomic E-state index is 0.562. The van der Waals surface area contributed by atoms with Gasteiger partial charge in [-0.25, -0.2) is 0 Å². The van der Waals surface area contributed by atoms with Crippen molar-refractivity contribution in [1.82, 2.24) is 0 Å². The van der Waals surface area contributed by atoms with Crippen LogP contribution < -0.4 is 14.8 Å². The van der Waals surface area contributed by atoms with Crippen molar-refractivity contribution in [3.63, 3.8) is 0 Å². The van der Waals surface area contributed by atoms with Crippen molar-refractivity contribution in [2.24, 2.45) is 0 Å². The Hall–Kier alpha value is -2.00. The molecule has 0 bridgehead atoms. The van der Waals surface area contributed by atoms with Crippen LogP contribution in [0, 0.1) is 0 Å². The van der Waals surface area contributed by atoms with Crippen LogP contribution in [0.1, 0.15) is 36.8 Å². The van der Waals surface area contributed by atoms with E-state index in [-0.39, 0.29) is 0 Å². The number of hydrogen-bond acceptors (Lipinski definition) is 2. The molecule has 2 aromatic carbocycles. The summed E-state index contributed by atoms with van der Waals surface area (Å²) in [5.74, 6) is 1.62. The van der Waals surface area contributed by atoms with Crippen LogP contribution in [0.2, 0.25) is 0 Å². The first-order valence-electron chi connectivity index (χ1n) is 8.52. The van der Waals surface area contributed by atoms with Crippen molar-refractivity contribution in [3.8, 4) is 11.5 Å². The average molecular weight is 312 g/mol. The van der Waals surface area contributed by atoms with Gasteiger partial charge < -0.3 is 14.8 Å². The largest absolute Gasteiger partial charge is 0.493 e. The molecule has 2 N–H and O–H groups in total. The third-order valence-corrected chi connectivity index (χ3v) is 4.55. The molecule has 3 nitrogen and oxygen atoms in total. The van der Waals surface area contributed by atoms with Crippen LogP contribution in [-0.2, 0) is 13.2 Å². The Morgan fingerprint density at radius 1 is 0.957 bits per heavy atom. The lowest BCUT2D eigenvalue weighted by atomic mass is 10.1. The summed E-state index contributed by atoms with van der Waals surface area (Å²) in [5, 5.41) is 2.47. The molecule has 122 valence electrons. The van der Waals surface area contributed by atoms with Gasteiger partial charge in [-0.1, -0.05) is 30.3 Å². The van der Waals surface area contributed by atoms with Crippen molar-refractivity contribution in [1.29, 1.82) is 0 Å². The van der Waals surface area contributed by atoms with E-state index in [9.17, 15) is 0 Å². The summed E-state index contributed by atoms with van der Waals surface area (Å²) in [5.41, 5.74) is 2.46. The maximum Gasteiger partial charge on any atom is 0.162 e. The number of ether oxygens (including phenoxy) is 2. The highest BCUT2D eigenvalue weighted by Gasteiger charge is 2.17. The predicted molar refractivity (Wildman–Crippen MR) is 91.7 cm³/mol. The molecule has 0 spiro atoms. The highest BCUT2D eigenvalue weighted by atomic mass is 16.5. The van der Waals surface area contributed by atoms with Crippen molar-refractivity contribution in [2.45, 2.75) is 44.9 Å². The SMILES string of the molecule is COc1ccc(C[NH2+]C2CCCC2)cc1OCc1ccccc1. The number of methoxy groups -OCH3 is 1. The lowest BCUT2D eigenvalue weighted by Gasteiger charge is -2.13. The van der Waals surface area contributed by atoms with Gasteiger partial charge in [0.25, 0.3) is 0 Å². The summed E-state index contributed by atoms with van der Waals surface area (Å²) in [6, 6.07) is 17.3. The molecule has 0 radical (unpaired) electrons. The monoisotopic (exact) mass is 312 g/mol. The zero-order valence-corrected chi connectivity index (χ0v) is 13.8. The Kier molecular flexibility index (Phi) is 5.54. The molecule has 0 aliphatic heterocycles. The summed E-state index contributed by atoms with van der Waals surface area (Å²) in [6.45, 7) is 1.57. The zero-order chi connectivity index (χ0) is 15.9. The van der Waals surface area contributed by atoms with Crippen LogP contribution in [0.25, 0.3) is 0 Å². The number of nitrogens with two attached hydrogens (primary N) is 1. The highest BCUT2D eigenvalue weighted by Crippen LogP contribution is 2.28. The minimum Gasteiger partial charge on any atom is -0.493 e. The van der Waals surface area contributed by atoms with E-state index in [1.807, 2.05) is 24.3 Å². The molecule has 0 atom stereocenters. The van der Waals surface area contributed by atoms with Crippen LogP contribution in [0.3, 0.4) is 0 Å². The van der Waals surface area contributed by atoms with Gasteiger partial charge in [0, 0.05) is 5.56 Å². The predicted octanol–water partition coefficient (Wildman–Crippen LogP) is 3.28. The van der Waals surface area contributed by atoms with Gasteiger partial charge in [-0.15, -0.1) is 0 Å². The number of hydrogen-bond donors (Lipinski definition) is 1. The lowest BCUT2D eigenvalue weighted by Crippen LogP contribution is -2.87. The first-order valence-corrected chi connectivity index (χ1v) is 8.52. The van der Waals surface area contributed by atoms with Gasteiger partial charge >= 0.3 is 0 Å². The molecule has 1 aliphatic carbocycles. The topological polar surface area (TPSA) is 35.1 Å². The summed E-state index contributed by atoms with van der Waals surface area (Å²) in [7, 11) is 1.69. The van der Waals surface area contributed by atoms with Crippen LogP contribution >= 0.6 is 0 Å².